The molecule has 1 saturated carbocycles. The summed E-state index contributed by atoms with van der Waals surface area (Å²) in [4.78, 5) is 14.2. The van der Waals surface area contributed by atoms with Gasteiger partial charge >= 0.3 is 0 Å². The van der Waals surface area contributed by atoms with Crippen molar-refractivity contribution >= 4 is 5.91 Å². The Hall–Kier alpha value is -0.690. The van der Waals surface area contributed by atoms with Gasteiger partial charge in [-0.2, -0.15) is 0 Å². The summed E-state index contributed by atoms with van der Waals surface area (Å²) in [6, 6.07) is 0. The van der Waals surface area contributed by atoms with E-state index in [9.17, 15) is 4.79 Å². The first-order valence-corrected chi connectivity index (χ1v) is 9.55. The van der Waals surface area contributed by atoms with Crippen LogP contribution in [0.15, 0.2) is 0 Å². The number of carbonyl (C=O) groups is 1. The Balaban J connectivity index is 1.26. The van der Waals surface area contributed by atoms with Crippen molar-refractivity contribution in [1.82, 2.24) is 10.2 Å². The van der Waals surface area contributed by atoms with Crippen molar-refractivity contribution in [3.63, 3.8) is 0 Å². The topological polar surface area (TPSA) is 60.0 Å². The van der Waals surface area contributed by atoms with Crippen LogP contribution in [-0.2, 0) is 19.0 Å². The van der Waals surface area contributed by atoms with Gasteiger partial charge in [0.15, 0.2) is 5.79 Å². The first-order valence-electron chi connectivity index (χ1n) is 9.55. The van der Waals surface area contributed by atoms with Crippen molar-refractivity contribution in [2.75, 3.05) is 46.0 Å². The first kappa shape index (κ1) is 18.1. The molecule has 0 bridgehead atoms. The van der Waals surface area contributed by atoms with Gasteiger partial charge in [0.1, 0.15) is 0 Å². The fourth-order valence-electron chi connectivity index (χ4n) is 4.03. The highest BCUT2D eigenvalue weighted by molar-refractivity contribution is 5.77. The van der Waals surface area contributed by atoms with Crippen LogP contribution in [-0.4, -0.2) is 68.7 Å². The largest absolute Gasteiger partial charge is 0.376 e. The van der Waals surface area contributed by atoms with Gasteiger partial charge < -0.3 is 19.5 Å². The summed E-state index contributed by atoms with van der Waals surface area (Å²) >= 11 is 0. The predicted octanol–water partition coefficient (Wildman–Crippen LogP) is 1.54. The third-order valence-corrected chi connectivity index (χ3v) is 5.59. The van der Waals surface area contributed by atoms with Crippen molar-refractivity contribution < 1.29 is 19.0 Å². The van der Waals surface area contributed by atoms with Gasteiger partial charge in [-0.05, 0) is 18.8 Å². The molecule has 3 fully saturated rings. The van der Waals surface area contributed by atoms with E-state index in [2.05, 4.69) is 17.1 Å². The molecule has 2 atom stereocenters. The van der Waals surface area contributed by atoms with Crippen molar-refractivity contribution in [2.45, 2.75) is 57.3 Å². The normalized spacial score (nSPS) is 30.5. The van der Waals surface area contributed by atoms with E-state index < -0.39 is 0 Å². The maximum absolute atomic E-state index is 12.1. The smallest absolute Gasteiger partial charge is 0.234 e. The summed E-state index contributed by atoms with van der Waals surface area (Å²) in [7, 11) is 0. The van der Waals surface area contributed by atoms with E-state index in [4.69, 9.17) is 14.2 Å². The summed E-state index contributed by atoms with van der Waals surface area (Å²) in [6.07, 6.45) is 7.10. The molecular formula is C18H32N2O4. The number of hydrogen-bond acceptors (Lipinski definition) is 5. The number of hydrogen-bond donors (Lipinski definition) is 1. The average Bonchev–Trinajstić information content (AvgIpc) is 3.04. The maximum atomic E-state index is 12.1. The lowest BCUT2D eigenvalue weighted by atomic mass is 9.88. The van der Waals surface area contributed by atoms with Crippen molar-refractivity contribution in [3.8, 4) is 0 Å². The molecule has 3 aliphatic rings. The van der Waals surface area contributed by atoms with Crippen LogP contribution in [0.2, 0.25) is 0 Å². The molecule has 138 valence electrons. The predicted molar refractivity (Wildman–Crippen MR) is 90.7 cm³/mol. The maximum Gasteiger partial charge on any atom is 0.234 e. The van der Waals surface area contributed by atoms with Crippen LogP contribution in [0.3, 0.4) is 0 Å². The van der Waals surface area contributed by atoms with Gasteiger partial charge in [-0.15, -0.1) is 0 Å². The standard InChI is InChI=1S/C18H32N2O4/c1-15-4-2-3-5-16(15)22-11-8-19-17(21)14-20-9-6-18(7-10-20)23-12-13-24-18/h15-16H,2-14H2,1H3,(H,19,21). The number of piperidine rings is 1. The minimum Gasteiger partial charge on any atom is -0.376 e. The molecule has 0 aromatic heterocycles. The lowest BCUT2D eigenvalue weighted by Gasteiger charge is -2.37. The molecule has 2 heterocycles. The lowest BCUT2D eigenvalue weighted by molar-refractivity contribution is -0.185. The molecule has 1 aliphatic carbocycles. The van der Waals surface area contributed by atoms with E-state index in [-0.39, 0.29) is 11.7 Å². The van der Waals surface area contributed by atoms with Gasteiger partial charge in [-0.25, -0.2) is 0 Å². The number of likely N-dealkylation sites (tertiary alicyclic amines) is 1. The van der Waals surface area contributed by atoms with Crippen LogP contribution in [0.5, 0.6) is 0 Å². The summed E-state index contributed by atoms with van der Waals surface area (Å²) in [5, 5.41) is 2.98. The third-order valence-electron chi connectivity index (χ3n) is 5.59. The highest BCUT2D eigenvalue weighted by atomic mass is 16.7. The number of carbonyl (C=O) groups excluding carboxylic acids is 1. The lowest BCUT2D eigenvalue weighted by Crippen LogP contribution is -2.48. The molecule has 6 heteroatoms. The molecule has 2 unspecified atom stereocenters. The Bertz CT molecular complexity index is 402. The molecule has 2 saturated heterocycles. The minimum atomic E-state index is -0.364. The molecule has 0 aromatic rings. The van der Waals surface area contributed by atoms with E-state index in [0.717, 1.165) is 32.4 Å². The highest BCUT2D eigenvalue weighted by Gasteiger charge is 2.39. The Kier molecular flexibility index (Phi) is 6.49. The number of rotatable bonds is 6. The Morgan fingerprint density at radius 3 is 2.62 bits per heavy atom. The zero-order chi connectivity index (χ0) is 16.8. The third kappa shape index (κ3) is 4.91. The zero-order valence-corrected chi connectivity index (χ0v) is 14.9. The molecule has 6 nitrogen and oxygen atoms in total. The van der Waals surface area contributed by atoms with Crippen LogP contribution in [0, 0.1) is 5.92 Å². The van der Waals surface area contributed by atoms with E-state index in [0.29, 0.717) is 44.9 Å². The average molecular weight is 340 g/mol. The van der Waals surface area contributed by atoms with Crippen molar-refractivity contribution in [1.29, 1.82) is 0 Å². The number of amides is 1. The van der Waals surface area contributed by atoms with Gasteiger partial charge in [0.05, 0.1) is 32.5 Å². The number of nitrogens with zero attached hydrogens (tertiary/aromatic N) is 1. The fraction of sp³-hybridized carbons (Fsp3) is 0.944. The summed E-state index contributed by atoms with van der Waals surface area (Å²) < 4.78 is 17.4. The molecule has 0 radical (unpaired) electrons. The van der Waals surface area contributed by atoms with Gasteiger partial charge in [-0.3, -0.25) is 9.69 Å². The molecule has 1 N–H and O–H groups in total. The molecule has 0 aromatic carbocycles. The van der Waals surface area contributed by atoms with Crippen LogP contribution >= 0.6 is 0 Å². The zero-order valence-electron chi connectivity index (χ0n) is 14.9. The second-order valence-electron chi connectivity index (χ2n) is 7.40. The van der Waals surface area contributed by atoms with Crippen molar-refractivity contribution in [3.05, 3.63) is 0 Å². The highest BCUT2D eigenvalue weighted by Crippen LogP contribution is 2.31. The quantitative estimate of drug-likeness (QED) is 0.743. The van der Waals surface area contributed by atoms with E-state index in [1.165, 1.54) is 19.3 Å². The first-order chi connectivity index (χ1) is 11.7. The molecule has 3 rings (SSSR count). The second-order valence-corrected chi connectivity index (χ2v) is 7.40. The van der Waals surface area contributed by atoms with Crippen LogP contribution in [0.25, 0.3) is 0 Å². The SMILES string of the molecule is CC1CCCCC1OCCNC(=O)CN1CCC2(CC1)OCCO2. The van der Waals surface area contributed by atoms with Crippen LogP contribution < -0.4 is 5.32 Å². The Morgan fingerprint density at radius 2 is 1.92 bits per heavy atom. The van der Waals surface area contributed by atoms with E-state index >= 15 is 0 Å². The Morgan fingerprint density at radius 1 is 1.21 bits per heavy atom. The second kappa shape index (κ2) is 8.61. The minimum absolute atomic E-state index is 0.0829. The monoisotopic (exact) mass is 340 g/mol. The van der Waals surface area contributed by atoms with Crippen LogP contribution in [0.1, 0.15) is 45.4 Å². The molecule has 24 heavy (non-hydrogen) atoms. The van der Waals surface area contributed by atoms with Gasteiger partial charge in [-0.1, -0.05) is 19.8 Å². The van der Waals surface area contributed by atoms with E-state index in [1.54, 1.807) is 0 Å². The van der Waals surface area contributed by atoms with Gasteiger partial charge in [0, 0.05) is 32.5 Å². The fourth-order valence-corrected chi connectivity index (χ4v) is 4.03. The molecular weight excluding hydrogens is 308 g/mol. The van der Waals surface area contributed by atoms with E-state index in [1.807, 2.05) is 0 Å². The Labute approximate surface area is 145 Å². The van der Waals surface area contributed by atoms with Gasteiger partial charge in [0.2, 0.25) is 5.91 Å². The molecule has 1 amide bonds. The van der Waals surface area contributed by atoms with Crippen molar-refractivity contribution in [2.24, 2.45) is 5.92 Å². The number of nitrogens with one attached hydrogen (secondary N) is 1. The van der Waals surface area contributed by atoms with Gasteiger partial charge in [0.25, 0.3) is 0 Å². The molecule has 1 spiro atoms. The summed E-state index contributed by atoms with van der Waals surface area (Å²) in [5.41, 5.74) is 0. The summed E-state index contributed by atoms with van der Waals surface area (Å²) in [6.45, 7) is 7.03. The molecule has 2 aliphatic heterocycles. The summed E-state index contributed by atoms with van der Waals surface area (Å²) in [5.74, 6) is 0.368. The number of ether oxygens (including phenoxy) is 3. The van der Waals surface area contributed by atoms with Crippen LogP contribution in [0.4, 0.5) is 0 Å².